The zero-order valence-electron chi connectivity index (χ0n) is 20.2. The smallest absolute Gasteiger partial charge is 0.258 e. The fraction of sp³-hybridized carbons (Fsp3) is 0.560. The van der Waals surface area contributed by atoms with E-state index >= 15 is 0 Å². The highest BCUT2D eigenvalue weighted by molar-refractivity contribution is 6.17. The topological polar surface area (TPSA) is 101 Å². The zero-order valence-corrected chi connectivity index (χ0v) is 20.2. The van der Waals surface area contributed by atoms with E-state index in [1.807, 2.05) is 4.90 Å². The molecule has 9 nitrogen and oxygen atoms in total. The van der Waals surface area contributed by atoms with Crippen LogP contribution < -0.4 is 4.74 Å². The van der Waals surface area contributed by atoms with Gasteiger partial charge in [0.25, 0.3) is 12.3 Å². The number of halogens is 2. The number of carbonyl (C=O) groups is 3. The van der Waals surface area contributed by atoms with Gasteiger partial charge in [-0.3, -0.25) is 19.3 Å². The number of likely N-dealkylation sites (tertiary alicyclic amines) is 1. The summed E-state index contributed by atoms with van der Waals surface area (Å²) in [6, 6.07) is 6.97. The Labute approximate surface area is 208 Å². The van der Waals surface area contributed by atoms with E-state index in [1.165, 1.54) is 0 Å². The number of ketones is 1. The van der Waals surface area contributed by atoms with Gasteiger partial charge in [-0.2, -0.15) is 4.99 Å². The monoisotopic (exact) mass is 504 g/mol. The van der Waals surface area contributed by atoms with Gasteiger partial charge in [0, 0.05) is 23.6 Å². The summed E-state index contributed by atoms with van der Waals surface area (Å²) in [6.07, 6.45) is -1.11. The van der Waals surface area contributed by atoms with Crippen LogP contribution in [0.1, 0.15) is 29.6 Å². The first-order valence-electron chi connectivity index (χ1n) is 12.1. The van der Waals surface area contributed by atoms with E-state index < -0.39 is 30.7 Å². The third kappa shape index (κ3) is 6.38. The predicted octanol–water partition coefficient (Wildman–Crippen LogP) is 2.10. The molecule has 3 aliphatic heterocycles. The molecule has 0 spiro atoms. The zero-order chi connectivity index (χ0) is 25.7. The molecule has 1 unspecified atom stereocenters. The van der Waals surface area contributed by atoms with Gasteiger partial charge < -0.3 is 14.4 Å². The molecule has 2 saturated heterocycles. The van der Waals surface area contributed by atoms with Gasteiger partial charge in [0.05, 0.1) is 40.0 Å². The van der Waals surface area contributed by atoms with E-state index in [0.717, 1.165) is 4.90 Å². The number of amides is 2. The minimum Gasteiger partial charge on any atom is -0.497 e. The lowest BCUT2D eigenvalue weighted by Crippen LogP contribution is -2.47. The van der Waals surface area contributed by atoms with Crippen LogP contribution in [0.4, 0.5) is 8.78 Å². The summed E-state index contributed by atoms with van der Waals surface area (Å²) < 4.78 is 36.9. The highest BCUT2D eigenvalue weighted by Gasteiger charge is 2.33. The highest BCUT2D eigenvalue weighted by Crippen LogP contribution is 2.23. The van der Waals surface area contributed by atoms with Crippen LogP contribution in [-0.4, -0.2) is 98.4 Å². The Hall–Kier alpha value is -3.05. The molecule has 0 radical (unpaired) electrons. The van der Waals surface area contributed by atoms with Crippen molar-refractivity contribution in [3.8, 4) is 5.75 Å². The van der Waals surface area contributed by atoms with Gasteiger partial charge in [-0.15, -0.1) is 0 Å². The molecule has 3 aliphatic rings. The van der Waals surface area contributed by atoms with Crippen LogP contribution in [-0.2, 0) is 14.3 Å². The number of rotatable bonds is 9. The predicted molar refractivity (Wildman–Crippen MR) is 128 cm³/mol. The number of hydrogen-bond acceptors (Lipinski definition) is 7. The highest BCUT2D eigenvalue weighted by atomic mass is 19.3. The normalized spacial score (nSPS) is 21.0. The van der Waals surface area contributed by atoms with Crippen LogP contribution in [0.25, 0.3) is 0 Å². The summed E-state index contributed by atoms with van der Waals surface area (Å²) in [4.78, 5) is 49.2. The maximum absolute atomic E-state index is 13.3. The standard InChI is InChI=1S/C25H30F2N4O5/c1-35-18-4-2-16(3-5-18)24(33)17-6-9-30(10-7-17)14-23(32)31(12-21(26)27)13-22-28-20-8-11-36-15-19(20)25(34)29-22/h2-5,17,19,21H,6-15H2,1H3. The van der Waals surface area contributed by atoms with Crippen LogP contribution in [0.5, 0.6) is 5.75 Å². The average molecular weight is 505 g/mol. The Kier molecular flexibility index (Phi) is 8.52. The molecule has 194 valence electrons. The van der Waals surface area contributed by atoms with Crippen LogP contribution in [0.2, 0.25) is 0 Å². The molecule has 1 aromatic rings. The van der Waals surface area contributed by atoms with Crippen molar-refractivity contribution in [2.75, 3.05) is 53.0 Å². The average Bonchev–Trinajstić information content (AvgIpc) is 2.88. The summed E-state index contributed by atoms with van der Waals surface area (Å²) in [5, 5.41) is 0. The number of fused-ring (bicyclic) bond motifs is 1. The number of Topliss-reactive ketones (excluding diaryl/α,β-unsaturated/α-hetero) is 1. The number of nitrogens with zero attached hydrogens (tertiary/aromatic N) is 4. The molecular weight excluding hydrogens is 474 g/mol. The first-order chi connectivity index (χ1) is 17.3. The SMILES string of the molecule is COc1ccc(C(=O)C2CCN(CC(=O)N(CC3=NC(=O)C4COCCC4=N3)CC(F)F)CC2)cc1. The van der Waals surface area contributed by atoms with Gasteiger partial charge in [-0.05, 0) is 50.2 Å². The molecule has 2 amide bonds. The van der Waals surface area contributed by atoms with E-state index in [9.17, 15) is 23.2 Å². The summed E-state index contributed by atoms with van der Waals surface area (Å²) in [7, 11) is 1.56. The molecule has 0 aromatic heterocycles. The molecule has 11 heteroatoms. The van der Waals surface area contributed by atoms with Crippen molar-refractivity contribution in [3.05, 3.63) is 29.8 Å². The first kappa shape index (κ1) is 26.0. The second-order valence-electron chi connectivity index (χ2n) is 9.16. The fourth-order valence-corrected chi connectivity index (χ4v) is 4.69. The van der Waals surface area contributed by atoms with Gasteiger partial charge in [0.2, 0.25) is 5.91 Å². The molecule has 0 aliphatic carbocycles. The fourth-order valence-electron chi connectivity index (χ4n) is 4.69. The first-order valence-corrected chi connectivity index (χ1v) is 12.1. The van der Waals surface area contributed by atoms with Crippen molar-refractivity contribution in [3.63, 3.8) is 0 Å². The second kappa shape index (κ2) is 11.8. The number of benzene rings is 1. The van der Waals surface area contributed by atoms with E-state index in [1.54, 1.807) is 31.4 Å². The molecule has 2 fully saturated rings. The van der Waals surface area contributed by atoms with Gasteiger partial charge >= 0.3 is 0 Å². The van der Waals surface area contributed by atoms with Crippen molar-refractivity contribution >= 4 is 29.1 Å². The van der Waals surface area contributed by atoms with E-state index in [4.69, 9.17) is 9.47 Å². The molecule has 36 heavy (non-hydrogen) atoms. The largest absolute Gasteiger partial charge is 0.497 e. The Morgan fingerprint density at radius 1 is 1.19 bits per heavy atom. The van der Waals surface area contributed by atoms with Crippen LogP contribution in [0.3, 0.4) is 0 Å². The van der Waals surface area contributed by atoms with Gasteiger partial charge in [-0.1, -0.05) is 0 Å². The summed E-state index contributed by atoms with van der Waals surface area (Å²) in [6.45, 7) is 0.588. The van der Waals surface area contributed by atoms with Crippen molar-refractivity contribution in [1.29, 1.82) is 0 Å². The molecule has 0 bridgehead atoms. The molecule has 4 rings (SSSR count). The number of aliphatic imine (C=N–C) groups is 2. The van der Waals surface area contributed by atoms with E-state index in [2.05, 4.69) is 9.98 Å². The van der Waals surface area contributed by atoms with Crippen LogP contribution in [0.15, 0.2) is 34.3 Å². The summed E-state index contributed by atoms with van der Waals surface area (Å²) >= 11 is 0. The van der Waals surface area contributed by atoms with Crippen molar-refractivity contribution in [1.82, 2.24) is 9.80 Å². The number of amidine groups is 1. The van der Waals surface area contributed by atoms with Crippen LogP contribution >= 0.6 is 0 Å². The van der Waals surface area contributed by atoms with E-state index in [0.29, 0.717) is 56.0 Å². The quantitative estimate of drug-likeness (QED) is 0.478. The Morgan fingerprint density at radius 3 is 2.58 bits per heavy atom. The molecule has 0 N–H and O–H groups in total. The number of alkyl halides is 2. The maximum atomic E-state index is 13.3. The minimum absolute atomic E-state index is 0.0495. The molecular formula is C25H30F2N4O5. The maximum Gasteiger partial charge on any atom is 0.258 e. The number of carbonyl (C=O) groups excluding carboxylic acids is 3. The number of methoxy groups -OCH3 is 1. The lowest BCUT2D eigenvalue weighted by molar-refractivity contribution is -0.134. The Morgan fingerprint density at radius 2 is 1.92 bits per heavy atom. The van der Waals surface area contributed by atoms with Crippen LogP contribution in [0, 0.1) is 11.8 Å². The molecule has 0 saturated carbocycles. The molecule has 1 aromatic carbocycles. The molecule has 1 atom stereocenters. The molecule has 3 heterocycles. The third-order valence-corrected chi connectivity index (χ3v) is 6.73. The number of hydrogen-bond donors (Lipinski definition) is 0. The minimum atomic E-state index is -2.73. The Balaban J connectivity index is 1.33. The number of ether oxygens (including phenoxy) is 2. The van der Waals surface area contributed by atoms with Gasteiger partial charge in [0.1, 0.15) is 11.7 Å². The van der Waals surface area contributed by atoms with Crippen molar-refractivity contribution in [2.45, 2.75) is 25.7 Å². The lowest BCUT2D eigenvalue weighted by Gasteiger charge is -2.33. The summed E-state index contributed by atoms with van der Waals surface area (Å²) in [5.41, 5.74) is 1.24. The second-order valence-corrected chi connectivity index (χ2v) is 9.16. The van der Waals surface area contributed by atoms with Gasteiger partial charge in [0.15, 0.2) is 11.6 Å². The van der Waals surface area contributed by atoms with Crippen molar-refractivity contribution in [2.24, 2.45) is 21.8 Å². The van der Waals surface area contributed by atoms with E-state index in [-0.39, 0.29) is 37.2 Å². The lowest BCUT2D eigenvalue weighted by atomic mass is 9.89. The third-order valence-electron chi connectivity index (χ3n) is 6.73. The Bertz CT molecular complexity index is 1040. The van der Waals surface area contributed by atoms with Gasteiger partial charge in [-0.25, -0.2) is 13.8 Å². The summed E-state index contributed by atoms with van der Waals surface area (Å²) in [5.74, 6) is -0.783. The number of piperidine rings is 1. The van der Waals surface area contributed by atoms with Crippen molar-refractivity contribution < 1.29 is 32.6 Å².